The van der Waals surface area contributed by atoms with Gasteiger partial charge in [0.25, 0.3) is 0 Å². The van der Waals surface area contributed by atoms with Crippen LogP contribution in [-0.2, 0) is 16.0 Å². The maximum absolute atomic E-state index is 12.0. The Hall–Kier alpha value is -1.88. The van der Waals surface area contributed by atoms with E-state index in [1.807, 2.05) is 36.8 Å². The number of benzene rings is 1. The summed E-state index contributed by atoms with van der Waals surface area (Å²) in [5.74, 6) is -1.04. The molecule has 2 rings (SSSR count). The van der Waals surface area contributed by atoms with Crippen molar-refractivity contribution in [3.05, 3.63) is 42.3 Å². The van der Waals surface area contributed by atoms with Gasteiger partial charge in [0.2, 0.25) is 11.8 Å². The van der Waals surface area contributed by atoms with E-state index in [0.717, 1.165) is 18.4 Å². The average Bonchev–Trinajstić information content (AvgIpc) is 2.58. The summed E-state index contributed by atoms with van der Waals surface area (Å²) in [7, 11) is 0. The molecule has 0 bridgehead atoms. The Kier molecular flexibility index (Phi) is 7.00. The van der Waals surface area contributed by atoms with Gasteiger partial charge in [0.15, 0.2) is 0 Å². The van der Waals surface area contributed by atoms with E-state index < -0.39 is 17.9 Å². The van der Waals surface area contributed by atoms with E-state index in [1.165, 1.54) is 0 Å². The minimum absolute atomic E-state index is 0.00137. The average molecular weight is 345 g/mol. The van der Waals surface area contributed by atoms with Gasteiger partial charge in [-0.15, -0.1) is 0 Å². The standard InChI is InChI=1S/C20H29N2O3/c1-13-9-15(11-16(10-13)19(21)24)18(20(22)25)12-17(23)8-7-14-5-3-2-4-6-14/h2-6,8,13,15-18,23H,7,9-12H2,1H3,(H2,21,24)(H2,22,25)/t13?,15-,16?,17-,18-/m0/s1. The second-order valence-corrected chi connectivity index (χ2v) is 7.41. The van der Waals surface area contributed by atoms with Gasteiger partial charge in [-0.1, -0.05) is 37.3 Å². The summed E-state index contributed by atoms with van der Waals surface area (Å²) < 4.78 is 0. The Morgan fingerprint density at radius 1 is 1.20 bits per heavy atom. The number of carbonyl (C=O) groups excluding carboxylic acids is 2. The monoisotopic (exact) mass is 345 g/mol. The van der Waals surface area contributed by atoms with Crippen molar-refractivity contribution < 1.29 is 14.7 Å². The summed E-state index contributed by atoms with van der Waals surface area (Å²) in [6, 6.07) is 9.84. The largest absolute Gasteiger partial charge is 0.393 e. The molecule has 5 heteroatoms. The van der Waals surface area contributed by atoms with Crippen molar-refractivity contribution in [2.24, 2.45) is 35.1 Å². The van der Waals surface area contributed by atoms with Gasteiger partial charge in [-0.3, -0.25) is 9.59 Å². The van der Waals surface area contributed by atoms with Gasteiger partial charge in [0.05, 0.1) is 6.10 Å². The van der Waals surface area contributed by atoms with Crippen LogP contribution in [0.3, 0.4) is 0 Å². The Bertz CT molecular complexity index is 576. The van der Waals surface area contributed by atoms with Gasteiger partial charge in [-0.25, -0.2) is 0 Å². The van der Waals surface area contributed by atoms with Crippen LogP contribution in [-0.4, -0.2) is 23.0 Å². The molecule has 1 aromatic carbocycles. The highest BCUT2D eigenvalue weighted by atomic mass is 16.3. The van der Waals surface area contributed by atoms with Crippen LogP contribution in [0.15, 0.2) is 30.3 Å². The first-order valence-corrected chi connectivity index (χ1v) is 9.00. The molecule has 1 aliphatic carbocycles. The molecule has 0 spiro atoms. The number of amides is 2. The summed E-state index contributed by atoms with van der Waals surface area (Å²) in [6.45, 7) is 2.07. The molecule has 2 amide bonds. The Balaban J connectivity index is 1.95. The molecule has 5 N–H and O–H groups in total. The molecule has 137 valence electrons. The number of nitrogens with two attached hydrogens (primary N) is 2. The number of carbonyl (C=O) groups is 2. The molecule has 0 aliphatic heterocycles. The van der Waals surface area contributed by atoms with E-state index >= 15 is 0 Å². The van der Waals surface area contributed by atoms with Crippen LogP contribution < -0.4 is 11.5 Å². The van der Waals surface area contributed by atoms with Crippen molar-refractivity contribution >= 4 is 11.8 Å². The summed E-state index contributed by atoms with van der Waals surface area (Å²) in [6.07, 6.45) is 4.22. The lowest BCUT2D eigenvalue weighted by Crippen LogP contribution is -2.39. The fraction of sp³-hybridized carbons (Fsp3) is 0.550. The summed E-state index contributed by atoms with van der Waals surface area (Å²) in [4.78, 5) is 23.5. The molecule has 0 heterocycles. The third kappa shape index (κ3) is 5.85. The highest BCUT2D eigenvalue weighted by molar-refractivity contribution is 5.78. The molecule has 2 unspecified atom stereocenters. The lowest BCUT2D eigenvalue weighted by Gasteiger charge is -2.36. The third-order valence-electron chi connectivity index (χ3n) is 5.28. The normalized spacial score (nSPS) is 25.9. The second-order valence-electron chi connectivity index (χ2n) is 7.41. The van der Waals surface area contributed by atoms with E-state index in [4.69, 9.17) is 11.5 Å². The van der Waals surface area contributed by atoms with E-state index in [9.17, 15) is 14.7 Å². The van der Waals surface area contributed by atoms with Crippen molar-refractivity contribution in [3.63, 3.8) is 0 Å². The Morgan fingerprint density at radius 3 is 2.48 bits per heavy atom. The van der Waals surface area contributed by atoms with Crippen LogP contribution in [0.2, 0.25) is 0 Å². The number of primary amides is 2. The van der Waals surface area contributed by atoms with Crippen molar-refractivity contribution in [3.8, 4) is 0 Å². The number of hydrogen-bond donors (Lipinski definition) is 3. The molecule has 0 saturated heterocycles. The van der Waals surface area contributed by atoms with E-state index in [0.29, 0.717) is 25.2 Å². The van der Waals surface area contributed by atoms with Crippen molar-refractivity contribution in [1.82, 2.24) is 0 Å². The fourth-order valence-electron chi connectivity index (χ4n) is 4.00. The fourth-order valence-corrected chi connectivity index (χ4v) is 4.00. The first-order valence-electron chi connectivity index (χ1n) is 9.00. The number of rotatable bonds is 8. The molecule has 25 heavy (non-hydrogen) atoms. The van der Waals surface area contributed by atoms with Gasteiger partial charge >= 0.3 is 0 Å². The smallest absolute Gasteiger partial charge is 0.220 e. The quantitative estimate of drug-likeness (QED) is 0.669. The third-order valence-corrected chi connectivity index (χ3v) is 5.28. The van der Waals surface area contributed by atoms with Crippen LogP contribution >= 0.6 is 0 Å². The van der Waals surface area contributed by atoms with Crippen LogP contribution in [0.25, 0.3) is 0 Å². The van der Waals surface area contributed by atoms with Gasteiger partial charge in [-0.05, 0) is 55.9 Å². The molecule has 5 nitrogen and oxygen atoms in total. The molecule has 1 fully saturated rings. The maximum Gasteiger partial charge on any atom is 0.220 e. The lowest BCUT2D eigenvalue weighted by atomic mass is 9.69. The van der Waals surface area contributed by atoms with Gasteiger partial charge in [0.1, 0.15) is 0 Å². The lowest BCUT2D eigenvalue weighted by molar-refractivity contribution is -0.129. The highest BCUT2D eigenvalue weighted by Gasteiger charge is 2.37. The predicted molar refractivity (Wildman–Crippen MR) is 96.9 cm³/mol. The molecule has 1 aromatic rings. The van der Waals surface area contributed by atoms with E-state index in [-0.39, 0.29) is 17.7 Å². The Labute approximate surface area is 149 Å². The molecule has 5 atom stereocenters. The van der Waals surface area contributed by atoms with E-state index in [1.54, 1.807) is 0 Å². The molecule has 1 radical (unpaired) electrons. The summed E-state index contributed by atoms with van der Waals surface area (Å²) in [5.41, 5.74) is 12.2. The molecular formula is C20H29N2O3. The zero-order valence-corrected chi connectivity index (χ0v) is 14.8. The topological polar surface area (TPSA) is 106 Å². The van der Waals surface area contributed by atoms with Gasteiger partial charge < -0.3 is 16.6 Å². The Morgan fingerprint density at radius 2 is 1.88 bits per heavy atom. The van der Waals surface area contributed by atoms with Crippen LogP contribution in [0.5, 0.6) is 0 Å². The predicted octanol–water partition coefficient (Wildman–Crippen LogP) is 1.82. The number of aliphatic hydroxyl groups excluding tert-OH is 1. The molecular weight excluding hydrogens is 316 g/mol. The van der Waals surface area contributed by atoms with Crippen molar-refractivity contribution in [2.75, 3.05) is 0 Å². The second kappa shape index (κ2) is 8.99. The molecule has 1 saturated carbocycles. The van der Waals surface area contributed by atoms with Gasteiger partial charge in [0, 0.05) is 11.8 Å². The van der Waals surface area contributed by atoms with E-state index in [2.05, 4.69) is 6.92 Å². The minimum Gasteiger partial charge on any atom is -0.393 e. The van der Waals surface area contributed by atoms with Crippen LogP contribution in [0, 0.1) is 30.1 Å². The summed E-state index contributed by atoms with van der Waals surface area (Å²) in [5, 5.41) is 10.3. The molecule has 1 aliphatic rings. The maximum atomic E-state index is 12.0. The van der Waals surface area contributed by atoms with Crippen LogP contribution in [0.1, 0.15) is 38.2 Å². The zero-order valence-electron chi connectivity index (χ0n) is 14.8. The van der Waals surface area contributed by atoms with Crippen molar-refractivity contribution in [1.29, 1.82) is 0 Å². The summed E-state index contributed by atoms with van der Waals surface area (Å²) >= 11 is 0. The minimum atomic E-state index is -0.707. The highest BCUT2D eigenvalue weighted by Crippen LogP contribution is 2.38. The number of hydrogen-bond acceptors (Lipinski definition) is 3. The van der Waals surface area contributed by atoms with Crippen molar-refractivity contribution in [2.45, 2.75) is 45.1 Å². The van der Waals surface area contributed by atoms with Gasteiger partial charge in [-0.2, -0.15) is 0 Å². The van der Waals surface area contributed by atoms with Crippen LogP contribution in [0.4, 0.5) is 0 Å². The number of aliphatic hydroxyl groups is 1. The SMILES string of the molecule is CC1CC(C(N)=O)C[C@@H]([C@H](C[C@@H](O)[CH]Cc2ccccc2)C(N)=O)C1. The first kappa shape index (κ1) is 19.4. The molecule has 0 aromatic heterocycles. The first-order chi connectivity index (χ1) is 11.9. The zero-order chi connectivity index (χ0) is 18.4.